The summed E-state index contributed by atoms with van der Waals surface area (Å²) in [6.07, 6.45) is 2.91. The summed E-state index contributed by atoms with van der Waals surface area (Å²) in [7, 11) is 0. The van der Waals surface area contributed by atoms with Crippen LogP contribution in [0.1, 0.15) is 28.9 Å². The van der Waals surface area contributed by atoms with Gasteiger partial charge in [0, 0.05) is 16.8 Å². The number of rotatable bonds is 3. The zero-order chi connectivity index (χ0) is 12.3. The van der Waals surface area contributed by atoms with Crippen molar-refractivity contribution >= 4 is 35.0 Å². The van der Waals surface area contributed by atoms with Crippen LogP contribution in [-0.2, 0) is 4.79 Å². The summed E-state index contributed by atoms with van der Waals surface area (Å²) >= 11 is 2.66. The fraction of sp³-hybridized carbons (Fsp3) is 0.455. The molecule has 1 unspecified atom stereocenters. The van der Waals surface area contributed by atoms with Crippen LogP contribution in [-0.4, -0.2) is 28.8 Å². The molecule has 1 amide bonds. The van der Waals surface area contributed by atoms with E-state index in [1.165, 1.54) is 23.1 Å². The maximum atomic E-state index is 11.7. The van der Waals surface area contributed by atoms with Crippen molar-refractivity contribution in [3.63, 3.8) is 0 Å². The minimum atomic E-state index is -0.910. The Hall–Kier alpha value is -1.01. The molecule has 1 aliphatic heterocycles. The fourth-order valence-corrected chi connectivity index (χ4v) is 3.72. The molecule has 2 rings (SSSR count). The van der Waals surface area contributed by atoms with Crippen molar-refractivity contribution in [1.29, 1.82) is 0 Å². The Kier molecular flexibility index (Phi) is 4.06. The number of amides is 1. The molecular formula is C11H13NO3S2. The van der Waals surface area contributed by atoms with E-state index in [4.69, 9.17) is 5.11 Å². The molecular weight excluding hydrogens is 258 g/mol. The highest BCUT2D eigenvalue weighted by Gasteiger charge is 2.22. The molecule has 1 aromatic rings. The summed E-state index contributed by atoms with van der Waals surface area (Å²) in [5.41, 5.74) is 0. The summed E-state index contributed by atoms with van der Waals surface area (Å²) in [6.45, 7) is 0.750. The second kappa shape index (κ2) is 5.55. The van der Waals surface area contributed by atoms with Gasteiger partial charge in [-0.3, -0.25) is 4.79 Å². The smallest absolute Gasteiger partial charge is 0.345 e. The molecule has 0 spiro atoms. The Morgan fingerprint density at radius 2 is 2.35 bits per heavy atom. The topological polar surface area (TPSA) is 66.4 Å². The fourth-order valence-electron chi connectivity index (χ4n) is 1.68. The van der Waals surface area contributed by atoms with Crippen LogP contribution in [0.4, 0.5) is 0 Å². The van der Waals surface area contributed by atoms with Gasteiger partial charge in [-0.1, -0.05) is 6.42 Å². The maximum absolute atomic E-state index is 11.7. The summed E-state index contributed by atoms with van der Waals surface area (Å²) in [4.78, 5) is 23.7. The van der Waals surface area contributed by atoms with E-state index >= 15 is 0 Å². The molecule has 0 saturated carbocycles. The second-order valence-electron chi connectivity index (χ2n) is 3.85. The highest BCUT2D eigenvalue weighted by Crippen LogP contribution is 2.31. The van der Waals surface area contributed by atoms with Crippen LogP contribution in [0.25, 0.3) is 0 Å². The van der Waals surface area contributed by atoms with Crippen LogP contribution in [0.15, 0.2) is 16.3 Å². The molecule has 1 atom stereocenters. The van der Waals surface area contributed by atoms with Gasteiger partial charge in [-0.2, -0.15) is 0 Å². The van der Waals surface area contributed by atoms with E-state index in [1.807, 2.05) is 0 Å². The zero-order valence-corrected chi connectivity index (χ0v) is 10.8. The van der Waals surface area contributed by atoms with Crippen molar-refractivity contribution < 1.29 is 14.7 Å². The van der Waals surface area contributed by atoms with Crippen LogP contribution in [0, 0.1) is 0 Å². The predicted octanol–water partition coefficient (Wildman–Crippen LogP) is 2.21. The van der Waals surface area contributed by atoms with Gasteiger partial charge in [0.25, 0.3) is 0 Å². The Bertz CT molecular complexity index is 430. The van der Waals surface area contributed by atoms with E-state index in [9.17, 15) is 9.59 Å². The average Bonchev–Trinajstić information content (AvgIpc) is 2.66. The monoisotopic (exact) mass is 271 g/mol. The molecule has 0 radical (unpaired) electrons. The summed E-state index contributed by atoms with van der Waals surface area (Å²) < 4.78 is 0. The number of carboxylic acid groups (broad SMARTS) is 1. The van der Waals surface area contributed by atoms with Crippen molar-refractivity contribution in [2.45, 2.75) is 29.4 Å². The highest BCUT2D eigenvalue weighted by molar-refractivity contribution is 8.00. The van der Waals surface area contributed by atoms with Gasteiger partial charge in [0.05, 0.1) is 5.25 Å². The summed E-state index contributed by atoms with van der Waals surface area (Å²) in [6, 6.07) is 1.63. The number of thiophene rings is 1. The van der Waals surface area contributed by atoms with Crippen molar-refractivity contribution in [3.8, 4) is 0 Å². The van der Waals surface area contributed by atoms with E-state index in [1.54, 1.807) is 11.4 Å². The molecule has 2 heterocycles. The number of hydrogen-bond donors (Lipinski definition) is 2. The Morgan fingerprint density at radius 1 is 1.53 bits per heavy atom. The number of hydrogen-bond acceptors (Lipinski definition) is 4. The first-order valence-corrected chi connectivity index (χ1v) is 7.19. The minimum absolute atomic E-state index is 0.0653. The van der Waals surface area contributed by atoms with E-state index in [2.05, 4.69) is 5.32 Å². The first-order valence-electron chi connectivity index (χ1n) is 5.43. The molecule has 17 heavy (non-hydrogen) atoms. The van der Waals surface area contributed by atoms with Crippen molar-refractivity contribution in [1.82, 2.24) is 5.32 Å². The van der Waals surface area contributed by atoms with Crippen molar-refractivity contribution in [2.24, 2.45) is 0 Å². The van der Waals surface area contributed by atoms with E-state index in [-0.39, 0.29) is 11.2 Å². The number of carbonyl (C=O) groups excluding carboxylic acids is 1. The predicted molar refractivity (Wildman–Crippen MR) is 67.8 cm³/mol. The molecule has 6 heteroatoms. The first kappa shape index (κ1) is 12.4. The number of nitrogens with one attached hydrogen (secondary N) is 1. The number of carbonyl (C=O) groups is 2. The molecule has 1 saturated heterocycles. The third kappa shape index (κ3) is 3.23. The lowest BCUT2D eigenvalue weighted by atomic mass is 10.2. The van der Waals surface area contributed by atoms with Gasteiger partial charge < -0.3 is 10.4 Å². The van der Waals surface area contributed by atoms with Crippen molar-refractivity contribution in [3.05, 3.63) is 16.3 Å². The van der Waals surface area contributed by atoms with Crippen LogP contribution in [0.2, 0.25) is 0 Å². The summed E-state index contributed by atoms with van der Waals surface area (Å²) in [5, 5.41) is 13.4. The lowest BCUT2D eigenvalue weighted by Crippen LogP contribution is -2.30. The van der Waals surface area contributed by atoms with Crippen molar-refractivity contribution in [2.75, 3.05) is 6.54 Å². The largest absolute Gasteiger partial charge is 0.477 e. The molecule has 1 aromatic heterocycles. The molecule has 0 aliphatic carbocycles. The van der Waals surface area contributed by atoms with Gasteiger partial charge in [-0.25, -0.2) is 4.79 Å². The molecule has 92 valence electrons. The SMILES string of the molecule is O=C(O)c1cc(SC2CCCCNC2=O)cs1. The maximum Gasteiger partial charge on any atom is 0.345 e. The van der Waals surface area contributed by atoms with Gasteiger partial charge in [-0.15, -0.1) is 23.1 Å². The quantitative estimate of drug-likeness (QED) is 0.884. The van der Waals surface area contributed by atoms with Crippen LogP contribution >= 0.6 is 23.1 Å². The lowest BCUT2D eigenvalue weighted by Gasteiger charge is -2.10. The highest BCUT2D eigenvalue weighted by atomic mass is 32.2. The van der Waals surface area contributed by atoms with E-state index in [0.717, 1.165) is 30.7 Å². The normalized spacial score (nSPS) is 20.7. The third-order valence-corrected chi connectivity index (χ3v) is 4.86. The molecule has 2 N–H and O–H groups in total. The minimum Gasteiger partial charge on any atom is -0.477 e. The zero-order valence-electron chi connectivity index (χ0n) is 9.14. The lowest BCUT2D eigenvalue weighted by molar-refractivity contribution is -0.120. The molecule has 0 aromatic carbocycles. The molecule has 0 bridgehead atoms. The van der Waals surface area contributed by atoms with Crippen LogP contribution < -0.4 is 5.32 Å². The third-order valence-electron chi connectivity index (χ3n) is 2.55. The Labute approximate surface area is 107 Å². The van der Waals surface area contributed by atoms with Gasteiger partial charge in [0.2, 0.25) is 5.91 Å². The second-order valence-corrected chi connectivity index (χ2v) is 6.03. The van der Waals surface area contributed by atoms with E-state index < -0.39 is 5.97 Å². The number of aromatic carboxylic acids is 1. The summed E-state index contributed by atoms with van der Waals surface area (Å²) in [5.74, 6) is -0.845. The number of carboxylic acids is 1. The molecule has 1 fully saturated rings. The van der Waals surface area contributed by atoms with Gasteiger partial charge in [0.1, 0.15) is 4.88 Å². The van der Waals surface area contributed by atoms with Crippen LogP contribution in [0.5, 0.6) is 0 Å². The van der Waals surface area contributed by atoms with Gasteiger partial charge >= 0.3 is 5.97 Å². The van der Waals surface area contributed by atoms with Crippen LogP contribution in [0.3, 0.4) is 0 Å². The van der Waals surface area contributed by atoms with Gasteiger partial charge in [-0.05, 0) is 18.9 Å². The van der Waals surface area contributed by atoms with Gasteiger partial charge in [0.15, 0.2) is 0 Å². The average molecular weight is 271 g/mol. The molecule has 4 nitrogen and oxygen atoms in total. The Morgan fingerprint density at radius 3 is 3.06 bits per heavy atom. The Balaban J connectivity index is 2.03. The first-order chi connectivity index (χ1) is 8.16. The van der Waals surface area contributed by atoms with E-state index in [0.29, 0.717) is 4.88 Å². The molecule has 1 aliphatic rings. The standard InChI is InChI=1S/C11H13NO3S2/c13-10-8(3-1-2-4-12-10)17-7-5-9(11(14)15)16-6-7/h5-6,8H,1-4H2,(H,12,13)(H,14,15). The number of thioether (sulfide) groups is 1.